The maximum atomic E-state index is 5.89. The van der Waals surface area contributed by atoms with Gasteiger partial charge in [0.15, 0.2) is 0 Å². The molecule has 2 aromatic rings. The van der Waals surface area contributed by atoms with Crippen molar-refractivity contribution in [2.75, 3.05) is 18.8 Å². The van der Waals surface area contributed by atoms with Crippen LogP contribution in [0.4, 0.5) is 5.69 Å². The van der Waals surface area contributed by atoms with Crippen molar-refractivity contribution in [1.82, 2.24) is 9.47 Å². The summed E-state index contributed by atoms with van der Waals surface area (Å²) in [6.45, 7) is 5.75. The zero-order valence-electron chi connectivity index (χ0n) is 11.0. The van der Waals surface area contributed by atoms with Crippen molar-refractivity contribution < 1.29 is 0 Å². The quantitative estimate of drug-likeness (QED) is 0.841. The number of benzene rings is 1. The highest BCUT2D eigenvalue weighted by Crippen LogP contribution is 2.23. The summed E-state index contributed by atoms with van der Waals surface area (Å²) in [7, 11) is 0. The van der Waals surface area contributed by atoms with E-state index in [1.165, 1.54) is 30.3 Å². The first-order chi connectivity index (χ1) is 8.78. The second-order valence-corrected chi connectivity index (χ2v) is 5.21. The summed E-state index contributed by atoms with van der Waals surface area (Å²) in [5.41, 5.74) is 8.00. The fourth-order valence-corrected chi connectivity index (χ4v) is 3.11. The molecule has 2 N–H and O–H groups in total. The van der Waals surface area contributed by atoms with Crippen LogP contribution in [0.15, 0.2) is 30.5 Å². The zero-order chi connectivity index (χ0) is 12.5. The molecule has 1 atom stereocenters. The highest BCUT2D eigenvalue weighted by atomic mass is 15.2. The topological polar surface area (TPSA) is 34.2 Å². The lowest BCUT2D eigenvalue weighted by Crippen LogP contribution is -2.32. The summed E-state index contributed by atoms with van der Waals surface area (Å²) >= 11 is 0. The maximum Gasteiger partial charge on any atom is 0.0501 e. The van der Waals surface area contributed by atoms with E-state index in [-0.39, 0.29) is 0 Å². The van der Waals surface area contributed by atoms with E-state index in [0.29, 0.717) is 6.04 Å². The van der Waals surface area contributed by atoms with Crippen LogP contribution in [0.5, 0.6) is 0 Å². The third-order valence-corrected chi connectivity index (χ3v) is 4.11. The van der Waals surface area contributed by atoms with E-state index in [1.54, 1.807) is 0 Å². The van der Waals surface area contributed by atoms with Crippen molar-refractivity contribution in [2.45, 2.75) is 32.4 Å². The van der Waals surface area contributed by atoms with Gasteiger partial charge in [-0.2, -0.15) is 0 Å². The molecule has 18 heavy (non-hydrogen) atoms. The molecule has 3 heteroatoms. The van der Waals surface area contributed by atoms with Crippen LogP contribution in [-0.4, -0.2) is 28.6 Å². The summed E-state index contributed by atoms with van der Waals surface area (Å²) in [5.74, 6) is 0. The van der Waals surface area contributed by atoms with Gasteiger partial charge in [0.1, 0.15) is 0 Å². The number of hydrogen-bond acceptors (Lipinski definition) is 2. The van der Waals surface area contributed by atoms with Crippen LogP contribution in [0.25, 0.3) is 10.9 Å². The van der Waals surface area contributed by atoms with Crippen molar-refractivity contribution in [1.29, 1.82) is 0 Å². The van der Waals surface area contributed by atoms with Crippen LogP contribution in [0.2, 0.25) is 0 Å². The Morgan fingerprint density at radius 1 is 1.33 bits per heavy atom. The van der Waals surface area contributed by atoms with Gasteiger partial charge in [-0.1, -0.05) is 13.0 Å². The Kier molecular flexibility index (Phi) is 3.00. The van der Waals surface area contributed by atoms with Gasteiger partial charge in [-0.3, -0.25) is 4.90 Å². The van der Waals surface area contributed by atoms with Crippen molar-refractivity contribution in [3.63, 3.8) is 0 Å². The number of nitrogens with zero attached hydrogens (tertiary/aromatic N) is 2. The summed E-state index contributed by atoms with van der Waals surface area (Å²) < 4.78 is 2.35. The molecule has 1 fully saturated rings. The summed E-state index contributed by atoms with van der Waals surface area (Å²) in [6, 6.07) is 9.03. The first-order valence-corrected chi connectivity index (χ1v) is 6.86. The SMILES string of the molecule is CCN1CCCC1Cn1ccc2ccc(N)cc21. The van der Waals surface area contributed by atoms with Crippen LogP contribution in [0.1, 0.15) is 19.8 Å². The molecule has 0 saturated carbocycles. The summed E-state index contributed by atoms with van der Waals surface area (Å²) in [6.07, 6.45) is 4.84. The van der Waals surface area contributed by atoms with Gasteiger partial charge in [0.25, 0.3) is 0 Å². The molecule has 96 valence electrons. The molecule has 1 aliphatic rings. The lowest BCUT2D eigenvalue weighted by atomic mass is 10.2. The molecule has 0 spiro atoms. The van der Waals surface area contributed by atoms with Gasteiger partial charge in [-0.25, -0.2) is 0 Å². The third-order valence-electron chi connectivity index (χ3n) is 4.11. The first-order valence-electron chi connectivity index (χ1n) is 6.86. The standard InChI is InChI=1S/C15H21N3/c1-2-17-8-3-4-14(17)11-18-9-7-12-5-6-13(16)10-15(12)18/h5-7,9-10,14H,2-4,8,11,16H2,1H3. The number of nitrogen functional groups attached to an aromatic ring is 1. The predicted molar refractivity (Wildman–Crippen MR) is 76.6 cm³/mol. The number of aromatic nitrogens is 1. The Bertz CT molecular complexity index is 544. The molecular formula is C15H21N3. The Labute approximate surface area is 108 Å². The molecule has 0 bridgehead atoms. The number of nitrogens with two attached hydrogens (primary N) is 1. The average molecular weight is 243 g/mol. The number of fused-ring (bicyclic) bond motifs is 1. The van der Waals surface area contributed by atoms with Crippen LogP contribution in [0, 0.1) is 0 Å². The van der Waals surface area contributed by atoms with Crippen LogP contribution in [0.3, 0.4) is 0 Å². The Morgan fingerprint density at radius 2 is 2.22 bits per heavy atom. The second kappa shape index (κ2) is 4.65. The fraction of sp³-hybridized carbons (Fsp3) is 0.467. The van der Waals surface area contributed by atoms with E-state index in [1.807, 2.05) is 6.07 Å². The van der Waals surface area contributed by atoms with E-state index < -0.39 is 0 Å². The van der Waals surface area contributed by atoms with Crippen molar-refractivity contribution in [3.8, 4) is 0 Å². The fourth-order valence-electron chi connectivity index (χ4n) is 3.11. The van der Waals surface area contributed by atoms with E-state index in [0.717, 1.165) is 18.8 Å². The number of likely N-dealkylation sites (tertiary alicyclic amines) is 1. The molecule has 0 aliphatic carbocycles. The number of hydrogen-bond donors (Lipinski definition) is 1. The van der Waals surface area contributed by atoms with Gasteiger partial charge in [-0.15, -0.1) is 0 Å². The third kappa shape index (κ3) is 1.99. The smallest absolute Gasteiger partial charge is 0.0501 e. The normalized spacial score (nSPS) is 20.8. The predicted octanol–water partition coefficient (Wildman–Crippen LogP) is 2.71. The molecular weight excluding hydrogens is 222 g/mol. The lowest BCUT2D eigenvalue weighted by molar-refractivity contribution is 0.246. The van der Waals surface area contributed by atoms with E-state index in [4.69, 9.17) is 5.73 Å². The molecule has 0 amide bonds. The molecule has 1 saturated heterocycles. The Balaban J connectivity index is 1.88. The van der Waals surface area contributed by atoms with Crippen molar-refractivity contribution >= 4 is 16.6 Å². The minimum absolute atomic E-state index is 0.687. The van der Waals surface area contributed by atoms with Gasteiger partial charge < -0.3 is 10.3 Å². The molecule has 3 nitrogen and oxygen atoms in total. The minimum atomic E-state index is 0.687. The van der Waals surface area contributed by atoms with Gasteiger partial charge in [0.2, 0.25) is 0 Å². The molecule has 0 radical (unpaired) electrons. The summed E-state index contributed by atoms with van der Waals surface area (Å²) in [4.78, 5) is 2.58. The van der Waals surface area contributed by atoms with Crippen LogP contribution in [-0.2, 0) is 6.54 Å². The van der Waals surface area contributed by atoms with E-state index in [9.17, 15) is 0 Å². The molecule has 1 aromatic heterocycles. The first kappa shape index (κ1) is 11.6. The largest absolute Gasteiger partial charge is 0.399 e. The Morgan fingerprint density at radius 3 is 3.06 bits per heavy atom. The molecule has 1 unspecified atom stereocenters. The van der Waals surface area contributed by atoms with Crippen LogP contribution < -0.4 is 5.73 Å². The zero-order valence-corrected chi connectivity index (χ0v) is 11.0. The van der Waals surface area contributed by atoms with Gasteiger partial charge in [-0.05, 0) is 49.5 Å². The van der Waals surface area contributed by atoms with Gasteiger partial charge in [0, 0.05) is 24.5 Å². The van der Waals surface area contributed by atoms with Gasteiger partial charge >= 0.3 is 0 Å². The molecule has 1 aromatic carbocycles. The minimum Gasteiger partial charge on any atom is -0.399 e. The highest BCUT2D eigenvalue weighted by Gasteiger charge is 2.23. The van der Waals surface area contributed by atoms with E-state index >= 15 is 0 Å². The number of likely N-dealkylation sites (N-methyl/N-ethyl adjacent to an activating group) is 1. The van der Waals surface area contributed by atoms with E-state index in [2.05, 4.69) is 40.8 Å². The molecule has 2 heterocycles. The number of anilines is 1. The van der Waals surface area contributed by atoms with Gasteiger partial charge in [0.05, 0.1) is 5.52 Å². The lowest BCUT2D eigenvalue weighted by Gasteiger charge is -2.23. The monoisotopic (exact) mass is 243 g/mol. The summed E-state index contributed by atoms with van der Waals surface area (Å²) in [5, 5.41) is 1.28. The number of rotatable bonds is 3. The Hall–Kier alpha value is -1.48. The maximum absolute atomic E-state index is 5.89. The van der Waals surface area contributed by atoms with Crippen molar-refractivity contribution in [3.05, 3.63) is 30.5 Å². The van der Waals surface area contributed by atoms with Crippen molar-refractivity contribution in [2.24, 2.45) is 0 Å². The van der Waals surface area contributed by atoms with Crippen LogP contribution >= 0.6 is 0 Å². The average Bonchev–Trinajstić information content (AvgIpc) is 2.97. The second-order valence-electron chi connectivity index (χ2n) is 5.21. The highest BCUT2D eigenvalue weighted by molar-refractivity contribution is 5.83. The molecule has 1 aliphatic heterocycles. The molecule has 3 rings (SSSR count).